The van der Waals surface area contributed by atoms with Gasteiger partial charge in [-0.05, 0) is 41.5 Å². The van der Waals surface area contributed by atoms with Crippen LogP contribution in [0.4, 0.5) is 0 Å². The van der Waals surface area contributed by atoms with E-state index in [0.717, 1.165) is 11.3 Å². The van der Waals surface area contributed by atoms with Crippen LogP contribution in [0.5, 0.6) is 17.2 Å². The fourth-order valence-electron chi connectivity index (χ4n) is 4.01. The van der Waals surface area contributed by atoms with E-state index in [4.69, 9.17) is 14.2 Å². The van der Waals surface area contributed by atoms with Gasteiger partial charge in [0, 0.05) is 25.6 Å². The molecule has 8 nitrogen and oxygen atoms in total. The molecule has 1 fully saturated rings. The summed E-state index contributed by atoms with van der Waals surface area (Å²) in [6.45, 7) is 0.918. The summed E-state index contributed by atoms with van der Waals surface area (Å²) >= 11 is 0. The largest absolute Gasteiger partial charge is 0.507 e. The number of ether oxygens (including phenoxy) is 3. The maximum atomic E-state index is 13.0. The van der Waals surface area contributed by atoms with Crippen LogP contribution in [0.25, 0.3) is 5.76 Å². The van der Waals surface area contributed by atoms with Crippen molar-refractivity contribution in [3.63, 3.8) is 0 Å². The summed E-state index contributed by atoms with van der Waals surface area (Å²) in [5.74, 6) is -0.917. The number of Topliss-reactive ketones (excluding diaryl/α,β-unsaturated/α-hetero) is 1. The predicted molar refractivity (Wildman–Crippen MR) is 111 cm³/mol. The zero-order chi connectivity index (χ0) is 22.1. The number of phenolic OH excluding ortho intramolecular Hbond substituents is 1. The highest BCUT2D eigenvalue weighted by molar-refractivity contribution is 6.46. The Balaban J connectivity index is 1.85. The number of methoxy groups -OCH3 is 2. The molecule has 0 saturated carbocycles. The van der Waals surface area contributed by atoms with E-state index in [1.54, 1.807) is 30.3 Å². The van der Waals surface area contributed by atoms with Crippen LogP contribution in [0.2, 0.25) is 0 Å². The Kier molecular flexibility index (Phi) is 5.56. The maximum absolute atomic E-state index is 13.0. The number of benzene rings is 2. The number of ketones is 1. The van der Waals surface area contributed by atoms with Crippen LogP contribution in [0, 0.1) is 0 Å². The van der Waals surface area contributed by atoms with E-state index in [9.17, 15) is 19.8 Å². The molecule has 2 aliphatic heterocycles. The van der Waals surface area contributed by atoms with Gasteiger partial charge in [-0.2, -0.15) is 0 Å². The Morgan fingerprint density at radius 1 is 1.19 bits per heavy atom. The number of carbonyl (C=O) groups is 2. The first-order valence-electron chi connectivity index (χ1n) is 9.86. The van der Waals surface area contributed by atoms with Crippen LogP contribution in [-0.4, -0.2) is 60.8 Å². The first-order valence-corrected chi connectivity index (χ1v) is 9.86. The quantitative estimate of drug-likeness (QED) is 0.416. The van der Waals surface area contributed by atoms with Crippen molar-refractivity contribution in [2.75, 3.05) is 34.0 Å². The van der Waals surface area contributed by atoms with E-state index >= 15 is 0 Å². The SMILES string of the molecule is COCCN1C(=O)C(=O)/C(=C(\O)c2ccc3c(c2)CCO3)C1c1ccc(OC)c(O)c1. The minimum atomic E-state index is -0.878. The molecule has 2 N–H and O–H groups in total. The van der Waals surface area contributed by atoms with Gasteiger partial charge in [-0.15, -0.1) is 0 Å². The summed E-state index contributed by atoms with van der Waals surface area (Å²) in [5, 5.41) is 21.4. The van der Waals surface area contributed by atoms with Crippen LogP contribution in [-0.2, 0) is 20.7 Å². The van der Waals surface area contributed by atoms with Crippen LogP contribution >= 0.6 is 0 Å². The lowest BCUT2D eigenvalue weighted by Gasteiger charge is -2.25. The predicted octanol–water partition coefficient (Wildman–Crippen LogP) is 2.40. The van der Waals surface area contributed by atoms with Gasteiger partial charge in [0.1, 0.15) is 11.5 Å². The van der Waals surface area contributed by atoms with Crippen molar-refractivity contribution in [3.8, 4) is 17.2 Å². The van der Waals surface area contributed by atoms with Gasteiger partial charge in [0.25, 0.3) is 11.7 Å². The number of nitrogens with zero attached hydrogens (tertiary/aromatic N) is 1. The Bertz CT molecular complexity index is 1080. The number of rotatable bonds is 6. The lowest BCUT2D eigenvalue weighted by atomic mass is 9.94. The molecule has 0 aliphatic carbocycles. The Morgan fingerprint density at radius 3 is 2.71 bits per heavy atom. The maximum Gasteiger partial charge on any atom is 0.295 e. The van der Waals surface area contributed by atoms with Gasteiger partial charge in [0.15, 0.2) is 11.5 Å². The van der Waals surface area contributed by atoms with Crippen molar-refractivity contribution in [1.82, 2.24) is 4.90 Å². The minimum Gasteiger partial charge on any atom is -0.507 e. The molecule has 2 aromatic carbocycles. The molecule has 162 valence electrons. The Hall–Kier alpha value is -3.52. The van der Waals surface area contributed by atoms with Crippen molar-refractivity contribution >= 4 is 17.4 Å². The van der Waals surface area contributed by atoms with Crippen LogP contribution < -0.4 is 9.47 Å². The second-order valence-electron chi connectivity index (χ2n) is 7.34. The number of aromatic hydroxyl groups is 1. The van der Waals surface area contributed by atoms with E-state index in [2.05, 4.69) is 0 Å². The summed E-state index contributed by atoms with van der Waals surface area (Å²) in [6.07, 6.45) is 0.703. The number of aliphatic hydroxyl groups is 1. The van der Waals surface area contributed by atoms with Crippen LogP contribution in [0.3, 0.4) is 0 Å². The van der Waals surface area contributed by atoms with Crippen molar-refractivity contribution in [1.29, 1.82) is 0 Å². The minimum absolute atomic E-state index is 0.0375. The summed E-state index contributed by atoms with van der Waals surface area (Å²) in [7, 11) is 2.92. The Morgan fingerprint density at radius 2 is 2.00 bits per heavy atom. The molecule has 2 heterocycles. The van der Waals surface area contributed by atoms with Crippen molar-refractivity contribution in [2.45, 2.75) is 12.5 Å². The second kappa shape index (κ2) is 8.31. The highest BCUT2D eigenvalue weighted by Crippen LogP contribution is 2.42. The zero-order valence-electron chi connectivity index (χ0n) is 17.3. The molecule has 8 heteroatoms. The van der Waals surface area contributed by atoms with E-state index in [1.165, 1.54) is 25.2 Å². The summed E-state index contributed by atoms with van der Waals surface area (Å²) < 4.78 is 15.7. The number of aliphatic hydroxyl groups excluding tert-OH is 1. The third-order valence-corrected chi connectivity index (χ3v) is 5.56. The van der Waals surface area contributed by atoms with Gasteiger partial charge in [-0.3, -0.25) is 9.59 Å². The molecule has 0 radical (unpaired) electrons. The molecule has 4 rings (SSSR count). The fourth-order valence-corrected chi connectivity index (χ4v) is 4.01. The lowest BCUT2D eigenvalue weighted by molar-refractivity contribution is -0.140. The molecule has 2 aromatic rings. The molecule has 1 saturated heterocycles. The van der Waals surface area contributed by atoms with Gasteiger partial charge < -0.3 is 29.3 Å². The van der Waals surface area contributed by atoms with Crippen LogP contribution in [0.1, 0.15) is 22.7 Å². The van der Waals surface area contributed by atoms with Gasteiger partial charge >= 0.3 is 0 Å². The number of carbonyl (C=O) groups excluding carboxylic acids is 2. The number of phenols is 1. The number of amides is 1. The molecule has 2 aliphatic rings. The molecule has 31 heavy (non-hydrogen) atoms. The average molecular weight is 425 g/mol. The van der Waals surface area contributed by atoms with E-state index in [-0.39, 0.29) is 36.0 Å². The van der Waals surface area contributed by atoms with E-state index < -0.39 is 17.7 Å². The van der Waals surface area contributed by atoms with E-state index in [0.29, 0.717) is 24.2 Å². The van der Waals surface area contributed by atoms with Crippen molar-refractivity contribution in [3.05, 3.63) is 58.7 Å². The molecular formula is C23H23NO7. The monoisotopic (exact) mass is 425 g/mol. The summed E-state index contributed by atoms with van der Waals surface area (Å²) in [5.41, 5.74) is 1.79. The normalized spacial score (nSPS) is 19.4. The standard InChI is InChI=1S/C23H23NO7/c1-29-10-8-24-20(14-3-6-18(30-2)16(25)12-14)19(22(27)23(24)28)21(26)15-4-5-17-13(11-15)7-9-31-17/h3-6,11-12,20,25-26H,7-10H2,1-2H3/b21-19-. The first-order chi connectivity index (χ1) is 15.0. The number of hydrogen-bond acceptors (Lipinski definition) is 7. The summed E-state index contributed by atoms with van der Waals surface area (Å²) in [6, 6.07) is 8.92. The van der Waals surface area contributed by atoms with Gasteiger partial charge in [-0.1, -0.05) is 6.07 Å². The lowest BCUT2D eigenvalue weighted by Crippen LogP contribution is -2.32. The second-order valence-corrected chi connectivity index (χ2v) is 7.34. The van der Waals surface area contributed by atoms with E-state index in [1.807, 2.05) is 0 Å². The summed E-state index contributed by atoms with van der Waals surface area (Å²) in [4.78, 5) is 27.1. The smallest absolute Gasteiger partial charge is 0.295 e. The van der Waals surface area contributed by atoms with Gasteiger partial charge in [0.2, 0.25) is 0 Å². The van der Waals surface area contributed by atoms with Crippen molar-refractivity contribution < 1.29 is 34.0 Å². The molecule has 0 aromatic heterocycles. The van der Waals surface area contributed by atoms with Gasteiger partial charge in [-0.25, -0.2) is 0 Å². The van der Waals surface area contributed by atoms with Gasteiger partial charge in [0.05, 0.1) is 31.9 Å². The molecule has 0 spiro atoms. The fraction of sp³-hybridized carbons (Fsp3) is 0.304. The topological polar surface area (TPSA) is 106 Å². The third-order valence-electron chi connectivity index (χ3n) is 5.56. The number of fused-ring (bicyclic) bond motifs is 1. The number of hydrogen-bond donors (Lipinski definition) is 2. The average Bonchev–Trinajstić information content (AvgIpc) is 3.34. The highest BCUT2D eigenvalue weighted by Gasteiger charge is 2.46. The number of likely N-dealkylation sites (tertiary alicyclic amines) is 1. The molecule has 1 atom stereocenters. The first kappa shape index (κ1) is 20.7. The Labute approximate surface area is 179 Å². The molecular weight excluding hydrogens is 402 g/mol. The highest BCUT2D eigenvalue weighted by atomic mass is 16.5. The molecule has 0 bridgehead atoms. The third kappa shape index (κ3) is 3.59. The van der Waals surface area contributed by atoms with Crippen molar-refractivity contribution in [2.24, 2.45) is 0 Å². The van der Waals surface area contributed by atoms with Crippen LogP contribution in [0.15, 0.2) is 42.0 Å². The molecule has 1 amide bonds. The zero-order valence-corrected chi connectivity index (χ0v) is 17.3. The molecule has 1 unspecified atom stereocenters.